The highest BCUT2D eigenvalue weighted by Gasteiger charge is 2.31. The number of fused-ring (bicyclic) bond motifs is 3. The molecular formula is C38H46N8O7. The summed E-state index contributed by atoms with van der Waals surface area (Å²) in [5, 5.41) is 18.4. The highest BCUT2D eigenvalue weighted by Crippen LogP contribution is 2.28. The second-order valence-corrected chi connectivity index (χ2v) is 13.1. The van der Waals surface area contributed by atoms with Crippen LogP contribution in [0.25, 0.3) is 5.65 Å². The molecule has 0 saturated heterocycles. The van der Waals surface area contributed by atoms with E-state index in [2.05, 4.69) is 36.7 Å². The number of rotatable bonds is 6. The van der Waals surface area contributed by atoms with Gasteiger partial charge in [0.05, 0.1) is 7.11 Å². The molecule has 0 spiro atoms. The zero-order valence-corrected chi connectivity index (χ0v) is 30.1. The van der Waals surface area contributed by atoms with E-state index >= 15 is 0 Å². The van der Waals surface area contributed by atoms with E-state index in [-0.39, 0.29) is 49.4 Å². The first-order valence-electron chi connectivity index (χ1n) is 17.7. The van der Waals surface area contributed by atoms with Gasteiger partial charge in [-0.3, -0.25) is 24.0 Å². The minimum Gasteiger partial charge on any atom is -0.493 e. The Morgan fingerprint density at radius 3 is 2.51 bits per heavy atom. The van der Waals surface area contributed by atoms with Crippen molar-refractivity contribution in [3.8, 4) is 11.5 Å². The number of nitrogens with zero attached hydrogens (tertiary/aromatic N) is 3. The minimum atomic E-state index is -1.12. The molecule has 0 aliphatic carbocycles. The van der Waals surface area contributed by atoms with E-state index in [1.807, 2.05) is 50.2 Å². The van der Waals surface area contributed by atoms with Crippen molar-refractivity contribution in [1.29, 1.82) is 0 Å². The number of benzene rings is 2. The maximum atomic E-state index is 14.0. The molecule has 0 fully saturated rings. The highest BCUT2D eigenvalue weighted by atomic mass is 16.5. The highest BCUT2D eigenvalue weighted by molar-refractivity contribution is 5.98. The molecule has 3 atom stereocenters. The van der Waals surface area contributed by atoms with E-state index in [0.29, 0.717) is 43.0 Å². The lowest BCUT2D eigenvalue weighted by atomic mass is 10.00. The van der Waals surface area contributed by atoms with Crippen LogP contribution >= 0.6 is 0 Å². The first-order valence-corrected chi connectivity index (χ1v) is 17.7. The van der Waals surface area contributed by atoms with Crippen LogP contribution in [0.4, 0.5) is 0 Å². The number of aryl methyl sites for hydroxylation is 1. The van der Waals surface area contributed by atoms with Gasteiger partial charge in [0.25, 0.3) is 11.8 Å². The molecule has 15 nitrogen and oxygen atoms in total. The van der Waals surface area contributed by atoms with Crippen molar-refractivity contribution in [1.82, 2.24) is 41.2 Å². The number of aromatic nitrogens is 3. The Balaban J connectivity index is 1.40. The Bertz CT molecular complexity index is 1860. The standard InChI is InChI=1S/C38H46N8O7/c1-24(2)34-38(51)41-17-7-12-26-14-15-30(52-3)31(21-26)53-23-33(47)40-16-8-13-27(42-37(50)29-22-32-39-18-9-19-46(32)45-29)35(48)43-28(36(49)44-34)20-25-10-5-4-6-11-25/h4-6,9-11,14-15,18-19,21-22,24,27-28,34H,7-8,12-13,16-17,20,23H2,1-3H3,(H,40,47)(H,41,51)(H,42,50)(H,43,48)(H,44,49)/t27-,28-,34+/m0/s1. The summed E-state index contributed by atoms with van der Waals surface area (Å²) in [4.78, 5) is 71.7. The lowest BCUT2D eigenvalue weighted by Gasteiger charge is -2.27. The molecule has 0 radical (unpaired) electrons. The van der Waals surface area contributed by atoms with Crippen LogP contribution in [0.1, 0.15) is 54.7 Å². The minimum absolute atomic E-state index is 0.0453. The van der Waals surface area contributed by atoms with Crippen LogP contribution < -0.4 is 36.1 Å². The molecule has 5 amide bonds. The van der Waals surface area contributed by atoms with Gasteiger partial charge in [0.1, 0.15) is 18.1 Å². The van der Waals surface area contributed by atoms with Crippen molar-refractivity contribution < 1.29 is 33.4 Å². The molecule has 4 aromatic rings. The van der Waals surface area contributed by atoms with Crippen molar-refractivity contribution in [2.45, 2.75) is 64.1 Å². The summed E-state index contributed by atoms with van der Waals surface area (Å²) < 4.78 is 12.7. The van der Waals surface area contributed by atoms with Crippen LogP contribution in [-0.4, -0.2) is 89.1 Å². The molecule has 15 heteroatoms. The number of methoxy groups -OCH3 is 1. The summed E-state index contributed by atoms with van der Waals surface area (Å²) in [7, 11) is 1.51. The van der Waals surface area contributed by atoms with Crippen molar-refractivity contribution in [3.63, 3.8) is 0 Å². The zero-order valence-electron chi connectivity index (χ0n) is 30.1. The van der Waals surface area contributed by atoms with Crippen LogP contribution in [0.3, 0.4) is 0 Å². The summed E-state index contributed by atoms with van der Waals surface area (Å²) in [5.41, 5.74) is 2.20. The predicted molar refractivity (Wildman–Crippen MR) is 195 cm³/mol. The average Bonchev–Trinajstić information content (AvgIpc) is 3.60. The van der Waals surface area contributed by atoms with E-state index in [4.69, 9.17) is 9.47 Å². The number of carbonyl (C=O) groups is 5. The number of amides is 5. The molecule has 2 aromatic heterocycles. The lowest BCUT2D eigenvalue weighted by molar-refractivity contribution is -0.133. The molecule has 5 rings (SSSR count). The maximum Gasteiger partial charge on any atom is 0.272 e. The molecule has 53 heavy (non-hydrogen) atoms. The first-order chi connectivity index (χ1) is 25.6. The van der Waals surface area contributed by atoms with Crippen molar-refractivity contribution in [3.05, 3.63) is 89.9 Å². The van der Waals surface area contributed by atoms with Crippen molar-refractivity contribution in [2.75, 3.05) is 26.8 Å². The van der Waals surface area contributed by atoms with Crippen molar-refractivity contribution in [2.24, 2.45) is 5.92 Å². The van der Waals surface area contributed by atoms with E-state index < -0.39 is 35.8 Å². The summed E-state index contributed by atoms with van der Waals surface area (Å²) in [5.74, 6) is -1.91. The van der Waals surface area contributed by atoms with Gasteiger partial charge in [-0.15, -0.1) is 0 Å². The summed E-state index contributed by atoms with van der Waals surface area (Å²) in [6.07, 6.45) is 4.96. The second-order valence-electron chi connectivity index (χ2n) is 13.1. The Morgan fingerprint density at radius 2 is 1.75 bits per heavy atom. The van der Waals surface area contributed by atoms with Gasteiger partial charge in [0.15, 0.2) is 29.4 Å². The SMILES string of the molecule is COc1ccc2cc1OCC(=O)NCCC[C@H](NC(=O)c1cc3ncccn3n1)C(=O)N[C@@H](Cc1ccccc1)C(=O)N[C@H](C(C)C)C(=O)NCCC2. The summed E-state index contributed by atoms with van der Waals surface area (Å²) >= 11 is 0. The Hall–Kier alpha value is -5.99. The number of hydrogen-bond acceptors (Lipinski definition) is 9. The molecule has 0 saturated carbocycles. The third-order valence-corrected chi connectivity index (χ3v) is 8.77. The monoisotopic (exact) mass is 726 g/mol. The van der Waals surface area contributed by atoms with Crippen LogP contribution in [-0.2, 0) is 32.0 Å². The smallest absolute Gasteiger partial charge is 0.272 e. The van der Waals surface area contributed by atoms with Gasteiger partial charge in [-0.25, -0.2) is 9.50 Å². The molecular weight excluding hydrogens is 680 g/mol. The molecule has 1 aliphatic rings. The van der Waals surface area contributed by atoms with E-state index in [0.717, 1.165) is 11.1 Å². The first kappa shape index (κ1) is 38.2. The predicted octanol–water partition coefficient (Wildman–Crippen LogP) is 1.74. The Labute approximate surface area is 307 Å². The Kier molecular flexibility index (Phi) is 13.3. The fourth-order valence-electron chi connectivity index (χ4n) is 5.89. The van der Waals surface area contributed by atoms with Crippen LogP contribution in [0.5, 0.6) is 11.5 Å². The van der Waals surface area contributed by atoms with Gasteiger partial charge in [0, 0.05) is 38.0 Å². The van der Waals surface area contributed by atoms with Crippen molar-refractivity contribution >= 4 is 35.2 Å². The molecule has 1 aliphatic heterocycles. The normalized spacial score (nSPS) is 19.7. The lowest BCUT2D eigenvalue weighted by Crippen LogP contribution is -2.58. The van der Waals surface area contributed by atoms with Gasteiger partial charge in [0.2, 0.25) is 17.7 Å². The molecule has 3 heterocycles. The van der Waals surface area contributed by atoms with E-state index in [9.17, 15) is 24.0 Å². The zero-order chi connectivity index (χ0) is 37.7. The third kappa shape index (κ3) is 10.8. The van der Waals surface area contributed by atoms with Gasteiger partial charge >= 0.3 is 0 Å². The number of nitrogens with one attached hydrogen (secondary N) is 5. The Morgan fingerprint density at radius 1 is 0.962 bits per heavy atom. The molecule has 2 aromatic carbocycles. The average molecular weight is 727 g/mol. The third-order valence-electron chi connectivity index (χ3n) is 8.77. The molecule has 2 bridgehead atoms. The molecule has 280 valence electrons. The van der Waals surface area contributed by atoms with Crippen LogP contribution in [0.2, 0.25) is 0 Å². The van der Waals surface area contributed by atoms with Crippen LogP contribution in [0, 0.1) is 5.92 Å². The summed E-state index contributed by atoms with van der Waals surface area (Å²) in [6, 6.07) is 14.7. The van der Waals surface area contributed by atoms with E-state index in [1.54, 1.807) is 30.6 Å². The number of ether oxygens (including phenoxy) is 2. The van der Waals surface area contributed by atoms with Crippen LogP contribution in [0.15, 0.2) is 73.1 Å². The maximum absolute atomic E-state index is 14.0. The molecule has 0 unspecified atom stereocenters. The van der Waals surface area contributed by atoms with Gasteiger partial charge in [-0.05, 0) is 60.9 Å². The topological polar surface area (TPSA) is 194 Å². The fraction of sp³-hybridized carbons (Fsp3) is 0.395. The largest absolute Gasteiger partial charge is 0.493 e. The fourth-order valence-corrected chi connectivity index (χ4v) is 5.89. The second kappa shape index (κ2) is 18.5. The van der Waals surface area contributed by atoms with Gasteiger partial charge in [-0.1, -0.05) is 50.2 Å². The summed E-state index contributed by atoms with van der Waals surface area (Å²) in [6.45, 7) is 3.91. The molecule has 5 N–H and O–H groups in total. The van der Waals surface area contributed by atoms with E-state index in [1.165, 1.54) is 17.7 Å². The number of carbonyl (C=O) groups excluding carboxylic acids is 5. The van der Waals surface area contributed by atoms with Gasteiger partial charge in [-0.2, -0.15) is 5.10 Å². The van der Waals surface area contributed by atoms with Gasteiger partial charge < -0.3 is 36.1 Å². The number of hydrogen-bond donors (Lipinski definition) is 5. The quantitative estimate of drug-likeness (QED) is 0.197.